The molecule has 0 rings (SSSR count). The van der Waals surface area contributed by atoms with Crippen LogP contribution in [0.5, 0.6) is 0 Å². The molecule has 0 spiro atoms. The highest BCUT2D eigenvalue weighted by atomic mass is 32.2. The third-order valence-electron chi connectivity index (χ3n) is 1.94. The minimum absolute atomic E-state index is 0.0998. The summed E-state index contributed by atoms with van der Waals surface area (Å²) in [6, 6.07) is 0. The number of esters is 2. The number of hydrogen-bond donors (Lipinski definition) is 0. The smallest absolute Gasteiger partial charge is 0.303 e. The fourth-order valence-corrected chi connectivity index (χ4v) is 2.14. The van der Waals surface area contributed by atoms with Crippen LogP contribution in [0.1, 0.15) is 27.2 Å². The van der Waals surface area contributed by atoms with Crippen molar-refractivity contribution in [3.05, 3.63) is 0 Å². The van der Waals surface area contributed by atoms with E-state index in [1.807, 2.05) is 0 Å². The van der Waals surface area contributed by atoms with Crippen LogP contribution in [-0.2, 0) is 28.9 Å². The van der Waals surface area contributed by atoms with E-state index in [-0.39, 0.29) is 18.9 Å². The highest BCUT2D eigenvalue weighted by Crippen LogP contribution is 2.15. The van der Waals surface area contributed by atoms with Crippen LogP contribution in [0.2, 0.25) is 0 Å². The van der Waals surface area contributed by atoms with Crippen molar-refractivity contribution in [1.29, 1.82) is 0 Å². The Labute approximate surface area is 101 Å². The predicted molar refractivity (Wildman–Crippen MR) is 60.8 cm³/mol. The third kappa shape index (κ3) is 7.73. The van der Waals surface area contributed by atoms with Crippen molar-refractivity contribution in [1.82, 2.24) is 0 Å². The molecule has 0 saturated carbocycles. The second kappa shape index (κ2) is 6.58. The van der Waals surface area contributed by atoms with Gasteiger partial charge in [-0.15, -0.1) is 0 Å². The quantitative estimate of drug-likeness (QED) is 0.651. The fraction of sp³-hybridized carbons (Fsp3) is 0.800. The number of ether oxygens (including phenoxy) is 2. The van der Waals surface area contributed by atoms with Gasteiger partial charge in [-0.2, -0.15) is 0 Å². The molecule has 6 nitrogen and oxygen atoms in total. The maximum Gasteiger partial charge on any atom is 0.303 e. The van der Waals surface area contributed by atoms with Crippen LogP contribution in [0, 0.1) is 5.92 Å². The highest BCUT2D eigenvalue weighted by molar-refractivity contribution is 7.91. The van der Waals surface area contributed by atoms with Crippen molar-refractivity contribution in [2.24, 2.45) is 5.92 Å². The monoisotopic (exact) mass is 266 g/mol. The Morgan fingerprint density at radius 1 is 1.18 bits per heavy atom. The zero-order valence-corrected chi connectivity index (χ0v) is 11.2. The van der Waals surface area contributed by atoms with Gasteiger partial charge in [0.2, 0.25) is 5.44 Å². The van der Waals surface area contributed by atoms with Crippen LogP contribution in [0.25, 0.3) is 0 Å². The molecular formula is C10H18O6S. The van der Waals surface area contributed by atoms with E-state index in [1.165, 1.54) is 6.92 Å². The summed E-state index contributed by atoms with van der Waals surface area (Å²) in [6.07, 6.45) is 1.10. The number of rotatable bonds is 6. The van der Waals surface area contributed by atoms with Gasteiger partial charge in [-0.1, -0.05) is 6.92 Å². The number of sulfone groups is 1. The molecule has 0 aromatic carbocycles. The van der Waals surface area contributed by atoms with Gasteiger partial charge in [0.25, 0.3) is 0 Å². The van der Waals surface area contributed by atoms with Gasteiger partial charge in [0, 0.05) is 26.5 Å². The molecule has 2 atom stereocenters. The second-order valence-electron chi connectivity index (χ2n) is 4.01. The lowest BCUT2D eigenvalue weighted by Crippen LogP contribution is -2.29. The first-order valence-corrected chi connectivity index (χ1v) is 7.07. The van der Waals surface area contributed by atoms with Gasteiger partial charge < -0.3 is 9.47 Å². The number of hydrogen-bond acceptors (Lipinski definition) is 6. The van der Waals surface area contributed by atoms with Crippen molar-refractivity contribution in [3.8, 4) is 0 Å². The average Bonchev–Trinajstić information content (AvgIpc) is 2.11. The minimum Gasteiger partial charge on any atom is -0.466 e. The number of carbonyl (C=O) groups excluding carboxylic acids is 2. The van der Waals surface area contributed by atoms with E-state index in [0.29, 0.717) is 0 Å². The van der Waals surface area contributed by atoms with Crippen molar-refractivity contribution in [2.45, 2.75) is 32.6 Å². The van der Waals surface area contributed by atoms with Crippen LogP contribution >= 0.6 is 0 Å². The lowest BCUT2D eigenvalue weighted by Gasteiger charge is -2.19. The van der Waals surface area contributed by atoms with Crippen molar-refractivity contribution >= 4 is 21.8 Å². The van der Waals surface area contributed by atoms with Crippen LogP contribution in [0.4, 0.5) is 0 Å². The molecule has 0 heterocycles. The van der Waals surface area contributed by atoms with Crippen LogP contribution < -0.4 is 0 Å². The fourth-order valence-electron chi connectivity index (χ4n) is 1.15. The molecular weight excluding hydrogens is 248 g/mol. The molecule has 0 fully saturated rings. The summed E-state index contributed by atoms with van der Waals surface area (Å²) < 4.78 is 32.2. The Morgan fingerprint density at radius 2 is 1.71 bits per heavy atom. The van der Waals surface area contributed by atoms with E-state index in [4.69, 9.17) is 9.47 Å². The molecule has 17 heavy (non-hydrogen) atoms. The topological polar surface area (TPSA) is 86.7 Å². The first kappa shape index (κ1) is 15.9. The maximum atomic E-state index is 11.4. The molecule has 0 aliphatic heterocycles. The first-order chi connectivity index (χ1) is 7.62. The highest BCUT2D eigenvalue weighted by Gasteiger charge is 2.26. The summed E-state index contributed by atoms with van der Waals surface area (Å²) in [6.45, 7) is 4.23. The zero-order chi connectivity index (χ0) is 13.6. The predicted octanol–water partition coefficient (Wildman–Crippen LogP) is 0.510. The molecule has 0 bridgehead atoms. The SMILES string of the molecule is CC(=O)OCC(C)CC(OC(C)=O)S(C)(=O)=O. The van der Waals surface area contributed by atoms with Crippen LogP contribution in [-0.4, -0.2) is 38.7 Å². The average molecular weight is 266 g/mol. The molecule has 0 saturated heterocycles. The zero-order valence-electron chi connectivity index (χ0n) is 10.4. The van der Waals surface area contributed by atoms with E-state index in [2.05, 4.69) is 0 Å². The van der Waals surface area contributed by atoms with Crippen molar-refractivity contribution in [2.75, 3.05) is 12.9 Å². The molecule has 0 aliphatic rings. The summed E-state index contributed by atoms with van der Waals surface area (Å²) in [5.74, 6) is -1.29. The molecule has 2 unspecified atom stereocenters. The lowest BCUT2D eigenvalue weighted by molar-refractivity contribution is -0.146. The van der Waals surface area contributed by atoms with Gasteiger partial charge in [-0.3, -0.25) is 9.59 Å². The third-order valence-corrected chi connectivity index (χ3v) is 3.18. The van der Waals surface area contributed by atoms with Gasteiger partial charge in [0.1, 0.15) is 0 Å². The van der Waals surface area contributed by atoms with E-state index < -0.39 is 27.2 Å². The van der Waals surface area contributed by atoms with Gasteiger partial charge in [-0.25, -0.2) is 8.42 Å². The molecule has 100 valence electrons. The summed E-state index contributed by atoms with van der Waals surface area (Å²) in [4.78, 5) is 21.4. The van der Waals surface area contributed by atoms with Crippen LogP contribution in [0.3, 0.4) is 0 Å². The van der Waals surface area contributed by atoms with Gasteiger partial charge >= 0.3 is 11.9 Å². The Morgan fingerprint density at radius 3 is 2.06 bits per heavy atom. The van der Waals surface area contributed by atoms with Crippen LogP contribution in [0.15, 0.2) is 0 Å². The Hall–Kier alpha value is -1.11. The standard InChI is InChI=1S/C10H18O6S/c1-7(6-15-8(2)11)5-10(16-9(3)12)17(4,13)14/h7,10H,5-6H2,1-4H3. The lowest BCUT2D eigenvalue weighted by atomic mass is 10.1. The molecule has 0 amide bonds. The van der Waals surface area contributed by atoms with Gasteiger partial charge in [0.15, 0.2) is 9.84 Å². The van der Waals surface area contributed by atoms with Crippen molar-refractivity contribution < 1.29 is 27.5 Å². The molecule has 0 N–H and O–H groups in total. The van der Waals surface area contributed by atoms with E-state index in [9.17, 15) is 18.0 Å². The maximum absolute atomic E-state index is 11.4. The second-order valence-corrected chi connectivity index (χ2v) is 6.20. The van der Waals surface area contributed by atoms with Gasteiger partial charge in [-0.05, 0) is 5.92 Å². The minimum atomic E-state index is -3.48. The molecule has 7 heteroatoms. The molecule has 0 aromatic heterocycles. The van der Waals surface area contributed by atoms with Crippen molar-refractivity contribution in [3.63, 3.8) is 0 Å². The molecule has 0 aliphatic carbocycles. The van der Waals surface area contributed by atoms with Gasteiger partial charge in [0.05, 0.1) is 6.61 Å². The first-order valence-electron chi connectivity index (χ1n) is 5.12. The number of carbonyl (C=O) groups is 2. The summed E-state index contributed by atoms with van der Waals surface area (Å²) >= 11 is 0. The van der Waals surface area contributed by atoms with E-state index in [1.54, 1.807) is 6.92 Å². The normalized spacial score (nSPS) is 14.8. The Balaban J connectivity index is 4.44. The summed E-state index contributed by atoms with van der Waals surface area (Å²) in [7, 11) is -3.48. The summed E-state index contributed by atoms with van der Waals surface area (Å²) in [5.41, 5.74) is -1.19. The van der Waals surface area contributed by atoms with E-state index >= 15 is 0 Å². The molecule has 0 radical (unpaired) electrons. The van der Waals surface area contributed by atoms with E-state index in [0.717, 1.165) is 13.2 Å². The Kier molecular flexibility index (Phi) is 6.15. The Bertz CT molecular complexity index is 372. The summed E-state index contributed by atoms with van der Waals surface area (Å²) in [5, 5.41) is 0. The molecule has 0 aromatic rings. The largest absolute Gasteiger partial charge is 0.466 e.